The second-order valence-electron chi connectivity index (χ2n) is 5.64. The molecule has 0 aliphatic rings. The predicted molar refractivity (Wildman–Crippen MR) is 106 cm³/mol. The third kappa shape index (κ3) is 7.68. The van der Waals surface area contributed by atoms with Crippen molar-refractivity contribution in [1.29, 1.82) is 0 Å². The molecule has 0 fully saturated rings. The molecule has 0 heterocycles. The summed E-state index contributed by atoms with van der Waals surface area (Å²) >= 11 is 0. The molecule has 2 aromatic rings. The number of benzene rings is 2. The van der Waals surface area contributed by atoms with Crippen molar-refractivity contribution in [2.75, 3.05) is 19.8 Å². The quantitative estimate of drug-likeness (QED) is 0.640. The maximum absolute atomic E-state index is 12.1. The van der Waals surface area contributed by atoms with Crippen LogP contribution in [0.4, 0.5) is 0 Å². The van der Waals surface area contributed by atoms with Crippen LogP contribution in [0.5, 0.6) is 5.75 Å². The van der Waals surface area contributed by atoms with Crippen LogP contribution in [0, 0.1) is 0 Å². The van der Waals surface area contributed by atoms with Gasteiger partial charge in [-0.05, 0) is 48.7 Å². The van der Waals surface area contributed by atoms with Crippen molar-refractivity contribution in [2.45, 2.75) is 19.9 Å². The second kappa shape index (κ2) is 11.9. The fourth-order valence-electron chi connectivity index (χ4n) is 2.31. The Labute approximate surface area is 165 Å². The van der Waals surface area contributed by atoms with Crippen LogP contribution in [0.1, 0.15) is 28.4 Å². The average Bonchev–Trinajstić information content (AvgIpc) is 2.67. The smallest absolute Gasteiger partial charge is 0.344 e. The van der Waals surface area contributed by atoms with E-state index in [1.165, 1.54) is 0 Å². The van der Waals surface area contributed by atoms with E-state index >= 15 is 0 Å². The van der Waals surface area contributed by atoms with Crippen molar-refractivity contribution in [2.24, 2.45) is 5.73 Å². The molecule has 0 aliphatic carbocycles. The number of hydrogen-bond acceptors (Lipinski definition) is 5. The first-order chi connectivity index (χ1) is 12.6. The average molecular weight is 393 g/mol. The largest absolute Gasteiger partial charge is 0.482 e. The molecule has 3 N–H and O–H groups in total. The minimum Gasteiger partial charge on any atom is -0.482 e. The van der Waals surface area contributed by atoms with E-state index in [-0.39, 0.29) is 24.9 Å². The Morgan fingerprint density at radius 2 is 1.63 bits per heavy atom. The van der Waals surface area contributed by atoms with Gasteiger partial charge in [0.15, 0.2) is 6.61 Å². The van der Waals surface area contributed by atoms with Gasteiger partial charge in [-0.3, -0.25) is 4.79 Å². The minimum atomic E-state index is -0.390. The van der Waals surface area contributed by atoms with Gasteiger partial charge in [0.1, 0.15) is 5.75 Å². The van der Waals surface area contributed by atoms with Crippen molar-refractivity contribution in [1.82, 2.24) is 5.32 Å². The van der Waals surface area contributed by atoms with Crippen LogP contribution in [0.2, 0.25) is 0 Å². The number of nitrogens with two attached hydrogens (primary N) is 1. The number of hydrogen-bond donors (Lipinski definition) is 2. The Morgan fingerprint density at radius 1 is 1.00 bits per heavy atom. The molecule has 0 atom stereocenters. The van der Waals surface area contributed by atoms with Crippen LogP contribution in [0.15, 0.2) is 48.5 Å². The summed E-state index contributed by atoms with van der Waals surface area (Å²) in [5, 5.41) is 2.89. The lowest BCUT2D eigenvalue weighted by Crippen LogP contribution is -2.25. The minimum absolute atomic E-state index is 0. The highest BCUT2D eigenvalue weighted by Gasteiger charge is 2.05. The summed E-state index contributed by atoms with van der Waals surface area (Å²) in [4.78, 5) is 23.3. The molecule has 27 heavy (non-hydrogen) atoms. The van der Waals surface area contributed by atoms with Gasteiger partial charge < -0.3 is 20.5 Å². The highest BCUT2D eigenvalue weighted by atomic mass is 35.5. The maximum Gasteiger partial charge on any atom is 0.344 e. The molecule has 0 bridgehead atoms. The topological polar surface area (TPSA) is 90.6 Å². The first-order valence-corrected chi connectivity index (χ1v) is 8.57. The molecule has 1 amide bonds. The summed E-state index contributed by atoms with van der Waals surface area (Å²) in [5.74, 6) is 0.104. The number of nitrogens with one attached hydrogen (secondary N) is 1. The van der Waals surface area contributed by atoms with Crippen molar-refractivity contribution >= 4 is 24.3 Å². The van der Waals surface area contributed by atoms with Crippen molar-refractivity contribution in [3.8, 4) is 5.75 Å². The summed E-state index contributed by atoms with van der Waals surface area (Å²) in [6.45, 7) is 2.97. The molecule has 7 heteroatoms. The lowest BCUT2D eigenvalue weighted by atomic mass is 10.1. The lowest BCUT2D eigenvalue weighted by molar-refractivity contribution is -0.145. The Balaban J connectivity index is 0.00000364. The van der Waals surface area contributed by atoms with Gasteiger partial charge in [-0.2, -0.15) is 0 Å². The van der Waals surface area contributed by atoms with Crippen LogP contribution < -0.4 is 15.8 Å². The summed E-state index contributed by atoms with van der Waals surface area (Å²) in [6.07, 6.45) is 0.699. The molecule has 0 unspecified atom stereocenters. The predicted octanol–water partition coefficient (Wildman–Crippen LogP) is 2.48. The fourth-order valence-corrected chi connectivity index (χ4v) is 2.31. The second-order valence-corrected chi connectivity index (χ2v) is 5.64. The monoisotopic (exact) mass is 392 g/mol. The fraction of sp³-hybridized carbons (Fsp3) is 0.300. The van der Waals surface area contributed by atoms with E-state index in [9.17, 15) is 9.59 Å². The molecule has 146 valence electrons. The van der Waals surface area contributed by atoms with Gasteiger partial charge in [0, 0.05) is 18.7 Å². The molecule has 0 saturated heterocycles. The number of esters is 1. The van der Waals surface area contributed by atoms with E-state index in [2.05, 4.69) is 5.32 Å². The molecule has 6 nitrogen and oxygen atoms in total. The van der Waals surface area contributed by atoms with E-state index in [0.29, 0.717) is 37.4 Å². The van der Waals surface area contributed by atoms with Gasteiger partial charge >= 0.3 is 5.97 Å². The molecule has 0 aliphatic heterocycles. The third-order valence-electron chi connectivity index (χ3n) is 3.74. The van der Waals surface area contributed by atoms with Gasteiger partial charge in [0.05, 0.1) is 6.61 Å². The summed E-state index contributed by atoms with van der Waals surface area (Å²) in [6, 6.07) is 14.6. The third-order valence-corrected chi connectivity index (χ3v) is 3.74. The van der Waals surface area contributed by atoms with Gasteiger partial charge in [0.25, 0.3) is 5.91 Å². The van der Waals surface area contributed by atoms with E-state index in [1.807, 2.05) is 24.3 Å². The first kappa shape index (κ1) is 22.5. The van der Waals surface area contributed by atoms with E-state index in [0.717, 1.165) is 11.1 Å². The Bertz CT molecular complexity index is 718. The Kier molecular flexibility index (Phi) is 9.93. The molecule has 0 spiro atoms. The number of halogens is 1. The van der Waals surface area contributed by atoms with Crippen molar-refractivity contribution < 1.29 is 19.1 Å². The number of ether oxygens (including phenoxy) is 2. The van der Waals surface area contributed by atoms with Crippen LogP contribution in [0.25, 0.3) is 0 Å². The number of rotatable bonds is 9. The summed E-state index contributed by atoms with van der Waals surface area (Å²) < 4.78 is 10.1. The summed E-state index contributed by atoms with van der Waals surface area (Å²) in [7, 11) is 0. The van der Waals surface area contributed by atoms with Crippen LogP contribution >= 0.6 is 12.4 Å². The number of amides is 1. The van der Waals surface area contributed by atoms with E-state index < -0.39 is 5.97 Å². The lowest BCUT2D eigenvalue weighted by Gasteiger charge is -2.08. The van der Waals surface area contributed by atoms with Gasteiger partial charge in [-0.25, -0.2) is 4.79 Å². The van der Waals surface area contributed by atoms with Crippen molar-refractivity contribution in [3.05, 3.63) is 65.2 Å². The maximum atomic E-state index is 12.1. The zero-order valence-corrected chi connectivity index (χ0v) is 16.1. The molecule has 0 aromatic heterocycles. The zero-order chi connectivity index (χ0) is 18.8. The Morgan fingerprint density at radius 3 is 2.22 bits per heavy atom. The molecule has 0 radical (unpaired) electrons. The van der Waals surface area contributed by atoms with Crippen LogP contribution in [-0.2, 0) is 22.5 Å². The number of carbonyl (C=O) groups is 2. The standard InChI is InChI=1S/C20H24N2O4.ClH/c1-2-25-19(23)14-26-18-9-5-15(6-10-18)11-12-22-20(24)17-7-3-16(13-21)4-8-17;/h3-10H,2,11-14,21H2,1H3,(H,22,24);1H. The van der Waals surface area contributed by atoms with Gasteiger partial charge in [0.2, 0.25) is 0 Å². The first-order valence-electron chi connectivity index (χ1n) is 8.57. The van der Waals surface area contributed by atoms with Crippen LogP contribution in [0.3, 0.4) is 0 Å². The molecule has 2 rings (SSSR count). The van der Waals surface area contributed by atoms with E-state index in [1.54, 1.807) is 31.2 Å². The molecule has 2 aromatic carbocycles. The molecular weight excluding hydrogens is 368 g/mol. The number of carbonyl (C=O) groups excluding carboxylic acids is 2. The normalized spacial score (nSPS) is 9.85. The SMILES string of the molecule is CCOC(=O)COc1ccc(CCNC(=O)c2ccc(CN)cc2)cc1.Cl. The Hall–Kier alpha value is -2.57. The van der Waals surface area contributed by atoms with Crippen molar-refractivity contribution in [3.63, 3.8) is 0 Å². The highest BCUT2D eigenvalue weighted by Crippen LogP contribution is 2.12. The van der Waals surface area contributed by atoms with Gasteiger partial charge in [-0.15, -0.1) is 12.4 Å². The summed E-state index contributed by atoms with van der Waals surface area (Å²) in [5.41, 5.74) is 8.22. The zero-order valence-electron chi connectivity index (χ0n) is 15.3. The highest BCUT2D eigenvalue weighted by molar-refractivity contribution is 5.94. The van der Waals surface area contributed by atoms with Crippen LogP contribution in [-0.4, -0.2) is 31.6 Å². The molecule has 0 saturated carbocycles. The molecular formula is C20H25ClN2O4. The van der Waals surface area contributed by atoms with E-state index in [4.69, 9.17) is 15.2 Å². The van der Waals surface area contributed by atoms with Gasteiger partial charge in [-0.1, -0.05) is 24.3 Å².